The molecule has 0 aliphatic rings. The summed E-state index contributed by atoms with van der Waals surface area (Å²) in [7, 11) is 2.18. The van der Waals surface area contributed by atoms with Crippen molar-refractivity contribution >= 4 is 35.1 Å². The maximum Gasteiger partial charge on any atom is 0.142 e. The molecule has 4 heterocycles. The van der Waals surface area contributed by atoms with E-state index in [1.165, 1.54) is 27.3 Å². The van der Waals surface area contributed by atoms with E-state index in [0.29, 0.717) is 0 Å². The first-order valence-electron chi connectivity index (χ1n) is 12.7. The largest absolute Gasteiger partial charge is 0.310 e. The molecule has 0 atom stereocenters. The van der Waals surface area contributed by atoms with Gasteiger partial charge < -0.3 is 4.57 Å². The number of nitrogens with zero attached hydrogens (tertiary/aromatic N) is 4. The van der Waals surface area contributed by atoms with Gasteiger partial charge in [0.05, 0.1) is 28.3 Å². The number of fused-ring (bicyclic) bond motifs is 3. The molecular formula is C33H23BN4. The lowest BCUT2D eigenvalue weighted by Gasteiger charge is -2.12. The zero-order valence-corrected chi connectivity index (χ0v) is 20.9. The molecule has 0 bridgehead atoms. The van der Waals surface area contributed by atoms with Gasteiger partial charge in [0.25, 0.3) is 0 Å². The van der Waals surface area contributed by atoms with Crippen LogP contribution in [0.5, 0.6) is 0 Å². The highest BCUT2D eigenvalue weighted by Gasteiger charge is 2.14. The van der Waals surface area contributed by atoms with Gasteiger partial charge in [-0.25, -0.2) is 4.98 Å². The first-order chi connectivity index (χ1) is 18.8. The summed E-state index contributed by atoms with van der Waals surface area (Å²) >= 11 is 0. The molecule has 5 heteroatoms. The van der Waals surface area contributed by atoms with Gasteiger partial charge in [0.15, 0.2) is 0 Å². The van der Waals surface area contributed by atoms with E-state index in [0.717, 1.165) is 39.6 Å². The summed E-state index contributed by atoms with van der Waals surface area (Å²) in [5.74, 6) is 0. The van der Waals surface area contributed by atoms with Crippen LogP contribution in [0.15, 0.2) is 128 Å². The lowest BCUT2D eigenvalue weighted by molar-refractivity contribution is 1.18. The third-order valence-electron chi connectivity index (χ3n) is 7.04. The number of hydrogen-bond acceptors (Lipinski definition) is 3. The summed E-state index contributed by atoms with van der Waals surface area (Å²) in [4.78, 5) is 14.0. The monoisotopic (exact) mass is 486 g/mol. The molecule has 178 valence electrons. The number of benzene rings is 3. The Hall–Kier alpha value is -5.03. The minimum absolute atomic E-state index is 0.825. The Labute approximate surface area is 221 Å². The van der Waals surface area contributed by atoms with Gasteiger partial charge in [-0.2, -0.15) is 0 Å². The van der Waals surface area contributed by atoms with E-state index < -0.39 is 0 Å². The van der Waals surface area contributed by atoms with Gasteiger partial charge >= 0.3 is 0 Å². The molecule has 4 nitrogen and oxygen atoms in total. The van der Waals surface area contributed by atoms with Crippen LogP contribution in [0.2, 0.25) is 0 Å². The van der Waals surface area contributed by atoms with E-state index in [-0.39, 0.29) is 0 Å². The lowest BCUT2D eigenvalue weighted by Crippen LogP contribution is -2.07. The van der Waals surface area contributed by atoms with Crippen molar-refractivity contribution in [3.05, 3.63) is 128 Å². The Balaban J connectivity index is 1.38. The van der Waals surface area contributed by atoms with Gasteiger partial charge in [-0.1, -0.05) is 66.1 Å². The zero-order chi connectivity index (χ0) is 25.5. The molecule has 0 spiro atoms. The Morgan fingerprint density at radius 2 is 1.16 bits per heavy atom. The number of pyridine rings is 3. The predicted molar refractivity (Wildman–Crippen MR) is 159 cm³/mol. The van der Waals surface area contributed by atoms with Crippen LogP contribution in [0.3, 0.4) is 0 Å². The highest BCUT2D eigenvalue weighted by Crippen LogP contribution is 2.33. The van der Waals surface area contributed by atoms with Crippen LogP contribution in [0, 0.1) is 0 Å². The molecule has 0 radical (unpaired) electrons. The van der Waals surface area contributed by atoms with Crippen molar-refractivity contribution in [2.24, 2.45) is 0 Å². The van der Waals surface area contributed by atoms with Crippen molar-refractivity contribution in [3.63, 3.8) is 0 Å². The molecule has 38 heavy (non-hydrogen) atoms. The van der Waals surface area contributed by atoms with Crippen molar-refractivity contribution in [1.29, 1.82) is 0 Å². The van der Waals surface area contributed by atoms with Gasteiger partial charge in [0.1, 0.15) is 7.85 Å². The van der Waals surface area contributed by atoms with Crippen molar-refractivity contribution in [2.45, 2.75) is 0 Å². The van der Waals surface area contributed by atoms with Crippen molar-refractivity contribution in [2.75, 3.05) is 0 Å². The molecule has 7 rings (SSSR count). The van der Waals surface area contributed by atoms with Gasteiger partial charge in [0, 0.05) is 34.4 Å². The second kappa shape index (κ2) is 9.13. The molecule has 0 aliphatic heterocycles. The second-order valence-corrected chi connectivity index (χ2v) is 9.43. The molecular weight excluding hydrogens is 463 g/mol. The number of rotatable bonds is 4. The second-order valence-electron chi connectivity index (χ2n) is 9.43. The fraction of sp³-hybridized carbons (Fsp3) is 0. The first kappa shape index (κ1) is 22.2. The van der Waals surface area contributed by atoms with E-state index in [9.17, 15) is 0 Å². The molecule has 0 N–H and O–H groups in total. The number of aromatic nitrogens is 4. The van der Waals surface area contributed by atoms with E-state index in [2.05, 4.69) is 101 Å². The Bertz CT molecular complexity index is 1850. The van der Waals surface area contributed by atoms with Gasteiger partial charge in [-0.3, -0.25) is 9.97 Å². The average Bonchev–Trinajstić information content (AvgIpc) is 3.34. The predicted octanol–water partition coefficient (Wildman–Crippen LogP) is 6.23. The normalized spacial score (nSPS) is 11.3. The van der Waals surface area contributed by atoms with Gasteiger partial charge in [0.2, 0.25) is 0 Å². The van der Waals surface area contributed by atoms with E-state index in [1.54, 1.807) is 12.4 Å². The molecule has 3 aromatic carbocycles. The summed E-state index contributed by atoms with van der Waals surface area (Å²) < 4.78 is 2.37. The van der Waals surface area contributed by atoms with Crippen molar-refractivity contribution in [1.82, 2.24) is 19.5 Å². The Kier molecular flexibility index (Phi) is 5.33. The quantitative estimate of drug-likeness (QED) is 0.277. The standard InChI is InChI=1S/C33H23BN4/c34-27-10-7-9-26-25-8-1-2-13-32(25)38(33(26)27)24-16-14-22(15-17-24)23-20-30(28-11-3-5-18-35-28)37-31(21-23)29-12-4-6-19-36-29/h1-21H,34H2. The maximum absolute atomic E-state index is 4.91. The van der Waals surface area contributed by atoms with Crippen LogP contribution in [-0.4, -0.2) is 27.4 Å². The van der Waals surface area contributed by atoms with E-state index in [4.69, 9.17) is 4.98 Å². The van der Waals surface area contributed by atoms with Crippen LogP contribution < -0.4 is 5.46 Å². The highest BCUT2D eigenvalue weighted by atomic mass is 15.0. The van der Waals surface area contributed by atoms with Crippen LogP contribution in [0.1, 0.15) is 0 Å². The van der Waals surface area contributed by atoms with Gasteiger partial charge in [-0.15, -0.1) is 0 Å². The molecule has 0 unspecified atom stereocenters. The molecule has 0 fully saturated rings. The summed E-state index contributed by atoms with van der Waals surface area (Å²) in [5, 5.41) is 2.54. The minimum atomic E-state index is 0.825. The third-order valence-corrected chi connectivity index (χ3v) is 7.04. The Morgan fingerprint density at radius 3 is 1.82 bits per heavy atom. The van der Waals surface area contributed by atoms with Crippen LogP contribution >= 0.6 is 0 Å². The Morgan fingerprint density at radius 1 is 0.526 bits per heavy atom. The van der Waals surface area contributed by atoms with Gasteiger partial charge in [-0.05, 0) is 65.7 Å². The highest BCUT2D eigenvalue weighted by molar-refractivity contribution is 6.40. The molecule has 4 aromatic heterocycles. The number of para-hydroxylation sites is 2. The minimum Gasteiger partial charge on any atom is -0.310 e. The topological polar surface area (TPSA) is 43.6 Å². The maximum atomic E-state index is 4.91. The summed E-state index contributed by atoms with van der Waals surface area (Å²) in [6, 6.07) is 39.9. The first-order valence-corrected chi connectivity index (χ1v) is 12.7. The van der Waals surface area contributed by atoms with Crippen LogP contribution in [0.25, 0.3) is 61.4 Å². The summed E-state index contributed by atoms with van der Waals surface area (Å²) in [6.45, 7) is 0. The number of hydrogen-bond donors (Lipinski definition) is 0. The van der Waals surface area contributed by atoms with E-state index in [1.807, 2.05) is 36.4 Å². The van der Waals surface area contributed by atoms with Crippen molar-refractivity contribution < 1.29 is 0 Å². The van der Waals surface area contributed by atoms with Crippen LogP contribution in [-0.2, 0) is 0 Å². The molecule has 7 aromatic rings. The average molecular weight is 486 g/mol. The van der Waals surface area contributed by atoms with Crippen molar-refractivity contribution in [3.8, 4) is 39.6 Å². The summed E-state index contributed by atoms with van der Waals surface area (Å²) in [6.07, 6.45) is 3.60. The summed E-state index contributed by atoms with van der Waals surface area (Å²) in [5.41, 5.74) is 10.4. The van der Waals surface area contributed by atoms with Crippen LogP contribution in [0.4, 0.5) is 0 Å². The van der Waals surface area contributed by atoms with E-state index >= 15 is 0 Å². The fourth-order valence-electron chi connectivity index (χ4n) is 5.25. The molecule has 0 amide bonds. The molecule has 0 aliphatic carbocycles. The smallest absolute Gasteiger partial charge is 0.142 e. The molecule has 0 saturated carbocycles. The fourth-order valence-corrected chi connectivity index (χ4v) is 5.25. The lowest BCUT2D eigenvalue weighted by atomic mass is 9.93. The molecule has 0 saturated heterocycles. The SMILES string of the molecule is Bc1cccc2c3ccccc3n(-c3ccc(-c4cc(-c5ccccn5)nc(-c5ccccn5)c4)cc3)c12. The zero-order valence-electron chi connectivity index (χ0n) is 20.9. The third kappa shape index (κ3) is 3.77.